The van der Waals surface area contributed by atoms with E-state index < -0.39 is 26.6 Å². The number of aromatic nitrogens is 3. The predicted molar refractivity (Wildman–Crippen MR) is 146 cm³/mol. The van der Waals surface area contributed by atoms with Crippen LogP contribution >= 0.6 is 0 Å². The van der Waals surface area contributed by atoms with E-state index in [1.807, 2.05) is 11.8 Å². The summed E-state index contributed by atoms with van der Waals surface area (Å²) in [5.41, 5.74) is 0.278. The van der Waals surface area contributed by atoms with Gasteiger partial charge in [0, 0.05) is 25.5 Å². The SMILES string of the molecule is CCc1c(F)ccc2cc(OCOC)cc(-c3nc4c5c(nc(S(C)(=O)=O)nc5c3F)N3CCCC[C@H]3CO4)c12. The Balaban J connectivity index is 1.71. The van der Waals surface area contributed by atoms with Crippen molar-refractivity contribution in [2.75, 3.05) is 38.2 Å². The van der Waals surface area contributed by atoms with E-state index in [1.54, 1.807) is 18.2 Å². The van der Waals surface area contributed by atoms with Gasteiger partial charge in [0.25, 0.3) is 0 Å². The molecule has 0 aliphatic carbocycles. The van der Waals surface area contributed by atoms with E-state index in [4.69, 9.17) is 14.2 Å². The Labute approximate surface area is 230 Å². The van der Waals surface area contributed by atoms with Gasteiger partial charge in [-0.25, -0.2) is 32.2 Å². The molecule has 0 amide bonds. The normalized spacial score (nSPS) is 17.0. The second kappa shape index (κ2) is 10.1. The lowest BCUT2D eigenvalue weighted by molar-refractivity contribution is 0.0512. The van der Waals surface area contributed by atoms with Crippen molar-refractivity contribution in [1.29, 1.82) is 0 Å². The highest BCUT2D eigenvalue weighted by molar-refractivity contribution is 7.90. The van der Waals surface area contributed by atoms with Gasteiger partial charge in [0.2, 0.25) is 20.9 Å². The summed E-state index contributed by atoms with van der Waals surface area (Å²) in [6, 6.07) is 6.18. The molecule has 0 spiro atoms. The molecule has 2 aromatic carbocycles. The predicted octanol–water partition coefficient (Wildman–Crippen LogP) is 4.82. The van der Waals surface area contributed by atoms with E-state index in [-0.39, 0.29) is 47.5 Å². The summed E-state index contributed by atoms with van der Waals surface area (Å²) in [7, 11) is -2.41. The largest absolute Gasteiger partial charge is 0.475 e. The van der Waals surface area contributed by atoms with Crippen LogP contribution in [0.2, 0.25) is 0 Å². The summed E-state index contributed by atoms with van der Waals surface area (Å²) in [5, 5.41) is 0.822. The Morgan fingerprint density at radius 1 is 1.12 bits per heavy atom. The highest BCUT2D eigenvalue weighted by atomic mass is 32.2. The van der Waals surface area contributed by atoms with Crippen molar-refractivity contribution < 1.29 is 31.4 Å². The maximum absolute atomic E-state index is 16.7. The molecule has 1 atom stereocenters. The summed E-state index contributed by atoms with van der Waals surface area (Å²) in [6.45, 7) is 2.64. The van der Waals surface area contributed by atoms with Crippen LogP contribution in [0.5, 0.6) is 11.6 Å². The molecule has 0 saturated carbocycles. The number of methoxy groups -OCH3 is 1. The number of benzene rings is 2. The Hall–Kier alpha value is -3.64. The summed E-state index contributed by atoms with van der Waals surface area (Å²) >= 11 is 0. The smallest absolute Gasteiger partial charge is 0.249 e. The highest BCUT2D eigenvalue weighted by Gasteiger charge is 2.34. The first-order chi connectivity index (χ1) is 19.2. The van der Waals surface area contributed by atoms with Crippen LogP contribution in [0, 0.1) is 11.6 Å². The molecule has 2 aliphatic rings. The maximum atomic E-state index is 16.7. The van der Waals surface area contributed by atoms with Crippen molar-refractivity contribution in [3.8, 4) is 22.9 Å². The lowest BCUT2D eigenvalue weighted by Gasteiger charge is -2.34. The van der Waals surface area contributed by atoms with Gasteiger partial charge in [0.05, 0.1) is 6.04 Å². The number of sulfone groups is 1. The monoisotopic (exact) mass is 570 g/mol. The number of anilines is 1. The van der Waals surface area contributed by atoms with E-state index in [0.29, 0.717) is 40.9 Å². The zero-order chi connectivity index (χ0) is 28.2. The van der Waals surface area contributed by atoms with Crippen LogP contribution in [0.1, 0.15) is 31.7 Å². The number of hydrogen-bond acceptors (Lipinski definition) is 9. The molecule has 210 valence electrons. The van der Waals surface area contributed by atoms with Gasteiger partial charge >= 0.3 is 0 Å². The number of piperidine rings is 1. The molecule has 1 saturated heterocycles. The molecule has 2 aromatic heterocycles. The second-order valence-corrected chi connectivity index (χ2v) is 12.0. The third-order valence-corrected chi connectivity index (χ3v) is 8.30. The number of hydrogen-bond donors (Lipinski definition) is 0. The number of fused-ring (bicyclic) bond motifs is 3. The van der Waals surface area contributed by atoms with Crippen LogP contribution in [0.4, 0.5) is 14.6 Å². The van der Waals surface area contributed by atoms with Crippen LogP contribution in [-0.2, 0) is 21.0 Å². The number of rotatable bonds is 6. The Morgan fingerprint density at radius 3 is 2.70 bits per heavy atom. The molecule has 1 fully saturated rings. The van der Waals surface area contributed by atoms with Crippen molar-refractivity contribution in [3.05, 3.63) is 41.5 Å². The van der Waals surface area contributed by atoms with E-state index in [2.05, 4.69) is 15.0 Å². The maximum Gasteiger partial charge on any atom is 0.249 e. The van der Waals surface area contributed by atoms with Crippen LogP contribution in [0.15, 0.2) is 29.4 Å². The summed E-state index contributed by atoms with van der Waals surface area (Å²) in [5.74, 6) is -0.533. The van der Waals surface area contributed by atoms with E-state index in [9.17, 15) is 8.42 Å². The van der Waals surface area contributed by atoms with Crippen LogP contribution in [0.25, 0.3) is 32.9 Å². The topological polar surface area (TPSA) is 104 Å². The molecule has 40 heavy (non-hydrogen) atoms. The Kier molecular flexibility index (Phi) is 6.70. The van der Waals surface area contributed by atoms with Gasteiger partial charge in [0.1, 0.15) is 40.6 Å². The molecule has 9 nitrogen and oxygen atoms in total. The fourth-order valence-electron chi connectivity index (χ4n) is 5.62. The zero-order valence-electron chi connectivity index (χ0n) is 22.3. The highest BCUT2D eigenvalue weighted by Crippen LogP contribution is 2.44. The van der Waals surface area contributed by atoms with Crippen LogP contribution < -0.4 is 14.4 Å². The molecule has 2 aliphatic heterocycles. The van der Waals surface area contributed by atoms with E-state index in [1.165, 1.54) is 13.2 Å². The average molecular weight is 571 g/mol. The first kappa shape index (κ1) is 26.6. The standard InChI is InChI=1S/C28H28F2N4O5S/c1-4-18-20(29)9-8-15-11-17(39-14-37-2)12-19(21(15)18)24-23(30)25-22-26(33-28(32-25)40(3,35)36)34-10-6-5-7-16(34)13-38-27(22)31-24/h8-9,11-12,16H,4-7,10,13-14H2,1-3H3/t16-/m0/s1. The van der Waals surface area contributed by atoms with E-state index in [0.717, 1.165) is 25.5 Å². The number of halogens is 2. The molecular weight excluding hydrogens is 542 g/mol. The molecule has 0 radical (unpaired) electrons. The fourth-order valence-corrected chi connectivity index (χ4v) is 6.13. The number of aryl methyl sites for hydroxylation is 1. The van der Waals surface area contributed by atoms with Crippen molar-refractivity contribution in [1.82, 2.24) is 15.0 Å². The van der Waals surface area contributed by atoms with Crippen molar-refractivity contribution in [2.45, 2.75) is 43.8 Å². The van der Waals surface area contributed by atoms with Gasteiger partial charge in [-0.2, -0.15) is 0 Å². The lowest BCUT2D eigenvalue weighted by Crippen LogP contribution is -2.43. The van der Waals surface area contributed by atoms with Gasteiger partial charge in [-0.15, -0.1) is 0 Å². The van der Waals surface area contributed by atoms with Gasteiger partial charge in [-0.3, -0.25) is 0 Å². The van der Waals surface area contributed by atoms with Crippen LogP contribution in [0.3, 0.4) is 0 Å². The third kappa shape index (κ3) is 4.39. The first-order valence-corrected chi connectivity index (χ1v) is 15.0. The molecular formula is C28H28F2N4O5S. The molecule has 0 unspecified atom stereocenters. The van der Waals surface area contributed by atoms with Crippen molar-refractivity contribution >= 4 is 37.3 Å². The molecule has 0 bridgehead atoms. The lowest BCUT2D eigenvalue weighted by atomic mass is 9.94. The molecule has 4 heterocycles. The third-order valence-electron chi connectivity index (χ3n) is 7.45. The molecule has 4 aromatic rings. The van der Waals surface area contributed by atoms with Crippen molar-refractivity contribution in [3.63, 3.8) is 0 Å². The quantitative estimate of drug-likeness (QED) is 0.238. The molecule has 6 rings (SSSR count). The minimum absolute atomic E-state index is 0.0553. The minimum atomic E-state index is -3.89. The molecule has 12 heteroatoms. The van der Waals surface area contributed by atoms with E-state index >= 15 is 8.78 Å². The first-order valence-electron chi connectivity index (χ1n) is 13.1. The molecule has 0 N–H and O–H groups in total. The number of nitrogens with zero attached hydrogens (tertiary/aromatic N) is 4. The zero-order valence-corrected chi connectivity index (χ0v) is 23.1. The number of pyridine rings is 1. The average Bonchev–Trinajstić information content (AvgIpc) is 3.10. The van der Waals surface area contributed by atoms with Crippen LogP contribution in [-0.4, -0.2) is 62.7 Å². The second-order valence-electron chi connectivity index (χ2n) is 10.1. The summed E-state index contributed by atoms with van der Waals surface area (Å²) in [4.78, 5) is 15.2. The van der Waals surface area contributed by atoms with Gasteiger partial charge in [-0.05, 0) is 60.2 Å². The minimum Gasteiger partial charge on any atom is -0.475 e. The van der Waals surface area contributed by atoms with Gasteiger partial charge < -0.3 is 19.1 Å². The van der Waals surface area contributed by atoms with Crippen molar-refractivity contribution in [2.24, 2.45) is 0 Å². The number of ether oxygens (including phenoxy) is 3. The fraction of sp³-hybridized carbons (Fsp3) is 0.393. The summed E-state index contributed by atoms with van der Waals surface area (Å²) < 4.78 is 73.8. The Bertz CT molecular complexity index is 1770. The van der Waals surface area contributed by atoms with Gasteiger partial charge in [0.15, 0.2) is 12.6 Å². The van der Waals surface area contributed by atoms with Gasteiger partial charge in [-0.1, -0.05) is 13.0 Å². The summed E-state index contributed by atoms with van der Waals surface area (Å²) in [6.07, 6.45) is 4.00. The Morgan fingerprint density at radius 2 is 1.95 bits per heavy atom.